The lowest BCUT2D eigenvalue weighted by Crippen LogP contribution is -2.58. The van der Waals surface area contributed by atoms with Gasteiger partial charge < -0.3 is 10.2 Å². The second-order valence-electron chi connectivity index (χ2n) is 6.79. The number of nitrogens with one attached hydrogen (secondary N) is 1. The molecule has 2 bridgehead atoms. The van der Waals surface area contributed by atoms with Crippen LogP contribution in [-0.2, 0) is 0 Å². The van der Waals surface area contributed by atoms with Gasteiger partial charge in [-0.15, -0.1) is 0 Å². The minimum Gasteiger partial charge on any atom is -0.335 e. The van der Waals surface area contributed by atoms with E-state index in [1.807, 2.05) is 4.90 Å². The molecule has 3 saturated heterocycles. The number of hydrogen-bond donors (Lipinski definition) is 1. The number of fused-ring (bicyclic) bond motifs is 2. The van der Waals surface area contributed by atoms with Gasteiger partial charge in [-0.05, 0) is 51.5 Å². The van der Waals surface area contributed by atoms with Crippen molar-refractivity contribution >= 4 is 6.03 Å². The Kier molecular flexibility index (Phi) is 4.49. The van der Waals surface area contributed by atoms with Crippen molar-refractivity contribution in [1.29, 1.82) is 0 Å². The highest BCUT2D eigenvalue weighted by atomic mass is 16.2. The second kappa shape index (κ2) is 6.33. The molecule has 1 N–H and O–H groups in total. The van der Waals surface area contributed by atoms with Crippen LogP contribution in [-0.4, -0.2) is 53.6 Å². The molecule has 3 atom stereocenters. The van der Waals surface area contributed by atoms with E-state index in [0.29, 0.717) is 18.1 Å². The predicted molar refractivity (Wildman–Crippen MR) is 80.8 cm³/mol. The van der Waals surface area contributed by atoms with Crippen LogP contribution in [0.1, 0.15) is 58.3 Å². The summed E-state index contributed by atoms with van der Waals surface area (Å²) >= 11 is 0. The Balaban J connectivity index is 1.56. The van der Waals surface area contributed by atoms with Gasteiger partial charge >= 0.3 is 6.03 Å². The first kappa shape index (κ1) is 14.2. The zero-order valence-corrected chi connectivity index (χ0v) is 12.8. The van der Waals surface area contributed by atoms with Crippen LogP contribution in [0.4, 0.5) is 4.79 Å². The molecular formula is C16H29N3O. The lowest BCUT2D eigenvalue weighted by Gasteiger charge is -2.49. The van der Waals surface area contributed by atoms with Gasteiger partial charge in [0, 0.05) is 31.2 Å². The number of hydrogen-bond acceptors (Lipinski definition) is 2. The Morgan fingerprint density at radius 3 is 2.35 bits per heavy atom. The summed E-state index contributed by atoms with van der Waals surface area (Å²) in [6.45, 7) is 5.42. The summed E-state index contributed by atoms with van der Waals surface area (Å²) in [6.07, 6.45) is 9.95. The SMILES string of the molecule is CCCN1[C@@H]2CCC[C@H]1CC(NC(=O)N1CCCC1)C2. The molecule has 0 aromatic carbocycles. The molecule has 1 unspecified atom stereocenters. The molecule has 0 saturated carbocycles. The Hall–Kier alpha value is -0.770. The highest BCUT2D eigenvalue weighted by molar-refractivity contribution is 5.74. The maximum atomic E-state index is 12.2. The molecule has 3 aliphatic rings. The number of likely N-dealkylation sites (tertiary alicyclic amines) is 1. The fourth-order valence-electron chi connectivity index (χ4n) is 4.41. The van der Waals surface area contributed by atoms with Crippen molar-refractivity contribution in [1.82, 2.24) is 15.1 Å². The van der Waals surface area contributed by atoms with E-state index in [2.05, 4.69) is 17.1 Å². The van der Waals surface area contributed by atoms with E-state index in [1.54, 1.807) is 0 Å². The van der Waals surface area contributed by atoms with Crippen molar-refractivity contribution in [2.24, 2.45) is 0 Å². The average molecular weight is 279 g/mol. The van der Waals surface area contributed by atoms with Gasteiger partial charge in [-0.1, -0.05) is 13.3 Å². The van der Waals surface area contributed by atoms with Crippen molar-refractivity contribution in [2.75, 3.05) is 19.6 Å². The lowest BCUT2D eigenvalue weighted by molar-refractivity contribution is 0.0260. The summed E-state index contributed by atoms with van der Waals surface area (Å²) in [5.41, 5.74) is 0. The van der Waals surface area contributed by atoms with Gasteiger partial charge in [-0.2, -0.15) is 0 Å². The standard InChI is InChI=1S/C16H29N3O/c1-2-8-19-14-6-5-7-15(19)12-13(11-14)17-16(20)18-9-3-4-10-18/h13-15H,2-12H2,1H3,(H,17,20)/t13?,14-,15+. The third-order valence-corrected chi connectivity index (χ3v) is 5.33. The van der Waals surface area contributed by atoms with Crippen LogP contribution >= 0.6 is 0 Å². The zero-order chi connectivity index (χ0) is 13.9. The van der Waals surface area contributed by atoms with Crippen LogP contribution in [0.15, 0.2) is 0 Å². The molecule has 4 nitrogen and oxygen atoms in total. The van der Waals surface area contributed by atoms with Gasteiger partial charge in [-0.25, -0.2) is 4.79 Å². The number of nitrogens with zero attached hydrogens (tertiary/aromatic N) is 2. The maximum Gasteiger partial charge on any atom is 0.317 e. The van der Waals surface area contributed by atoms with Crippen LogP contribution in [0, 0.1) is 0 Å². The van der Waals surface area contributed by atoms with Gasteiger partial charge in [0.05, 0.1) is 0 Å². The molecule has 20 heavy (non-hydrogen) atoms. The Morgan fingerprint density at radius 2 is 1.75 bits per heavy atom. The number of carbonyl (C=O) groups is 1. The van der Waals surface area contributed by atoms with E-state index < -0.39 is 0 Å². The first-order valence-electron chi connectivity index (χ1n) is 8.59. The van der Waals surface area contributed by atoms with Crippen LogP contribution in [0.2, 0.25) is 0 Å². The third-order valence-electron chi connectivity index (χ3n) is 5.33. The van der Waals surface area contributed by atoms with E-state index in [-0.39, 0.29) is 6.03 Å². The van der Waals surface area contributed by atoms with Gasteiger partial charge in [-0.3, -0.25) is 4.90 Å². The van der Waals surface area contributed by atoms with Crippen LogP contribution in [0.3, 0.4) is 0 Å². The molecule has 3 rings (SSSR count). The first-order valence-corrected chi connectivity index (χ1v) is 8.59. The molecule has 0 aliphatic carbocycles. The lowest BCUT2D eigenvalue weighted by atomic mass is 9.81. The topological polar surface area (TPSA) is 35.6 Å². The molecular weight excluding hydrogens is 250 g/mol. The first-order chi connectivity index (χ1) is 9.78. The summed E-state index contributed by atoms with van der Waals surface area (Å²) in [6, 6.07) is 2.03. The normalized spacial score (nSPS) is 34.2. The fraction of sp³-hybridized carbons (Fsp3) is 0.938. The highest BCUT2D eigenvalue weighted by Gasteiger charge is 2.38. The van der Waals surface area contributed by atoms with Gasteiger partial charge in [0.1, 0.15) is 0 Å². The zero-order valence-electron chi connectivity index (χ0n) is 12.8. The van der Waals surface area contributed by atoms with Crippen molar-refractivity contribution in [3.05, 3.63) is 0 Å². The number of piperidine rings is 2. The molecule has 4 heteroatoms. The molecule has 2 amide bonds. The van der Waals surface area contributed by atoms with Gasteiger partial charge in [0.15, 0.2) is 0 Å². The Labute approximate surface area is 122 Å². The maximum absolute atomic E-state index is 12.2. The predicted octanol–water partition coefficient (Wildman–Crippen LogP) is 2.59. The third kappa shape index (κ3) is 2.95. The molecule has 3 heterocycles. The molecule has 0 aromatic rings. The van der Waals surface area contributed by atoms with Crippen LogP contribution < -0.4 is 5.32 Å². The minimum atomic E-state index is 0.189. The molecule has 0 aromatic heterocycles. The van der Waals surface area contributed by atoms with E-state index in [9.17, 15) is 4.79 Å². The van der Waals surface area contributed by atoms with Crippen LogP contribution in [0.5, 0.6) is 0 Å². The largest absolute Gasteiger partial charge is 0.335 e. The van der Waals surface area contributed by atoms with E-state index in [1.165, 1.54) is 45.1 Å². The Morgan fingerprint density at radius 1 is 1.10 bits per heavy atom. The Bertz CT molecular complexity index is 327. The quantitative estimate of drug-likeness (QED) is 0.862. The summed E-state index contributed by atoms with van der Waals surface area (Å²) in [7, 11) is 0. The van der Waals surface area contributed by atoms with E-state index in [4.69, 9.17) is 0 Å². The number of carbonyl (C=O) groups excluding carboxylic acids is 1. The fourth-order valence-corrected chi connectivity index (χ4v) is 4.41. The number of rotatable bonds is 3. The van der Waals surface area contributed by atoms with Gasteiger partial charge in [0.2, 0.25) is 0 Å². The summed E-state index contributed by atoms with van der Waals surface area (Å²) in [4.78, 5) is 17.0. The highest BCUT2D eigenvalue weighted by Crippen LogP contribution is 2.34. The van der Waals surface area contributed by atoms with E-state index in [0.717, 1.165) is 25.9 Å². The van der Waals surface area contributed by atoms with Crippen molar-refractivity contribution in [3.63, 3.8) is 0 Å². The van der Waals surface area contributed by atoms with Crippen molar-refractivity contribution < 1.29 is 4.79 Å². The molecule has 0 spiro atoms. The van der Waals surface area contributed by atoms with Crippen molar-refractivity contribution in [3.8, 4) is 0 Å². The van der Waals surface area contributed by atoms with Crippen LogP contribution in [0.25, 0.3) is 0 Å². The van der Waals surface area contributed by atoms with Gasteiger partial charge in [0.25, 0.3) is 0 Å². The summed E-state index contributed by atoms with van der Waals surface area (Å²) < 4.78 is 0. The average Bonchev–Trinajstić information content (AvgIpc) is 2.94. The molecule has 3 aliphatic heterocycles. The molecule has 3 fully saturated rings. The molecule has 114 valence electrons. The van der Waals surface area contributed by atoms with Crippen molar-refractivity contribution in [2.45, 2.75) is 76.4 Å². The number of amides is 2. The van der Waals surface area contributed by atoms with E-state index >= 15 is 0 Å². The minimum absolute atomic E-state index is 0.189. The summed E-state index contributed by atoms with van der Waals surface area (Å²) in [5.74, 6) is 0. The second-order valence-corrected chi connectivity index (χ2v) is 6.79. The number of urea groups is 1. The smallest absolute Gasteiger partial charge is 0.317 e. The summed E-state index contributed by atoms with van der Waals surface area (Å²) in [5, 5.41) is 3.31. The molecule has 0 radical (unpaired) electrons. The monoisotopic (exact) mass is 279 g/mol.